The van der Waals surface area contributed by atoms with E-state index in [2.05, 4.69) is 35.2 Å². The van der Waals surface area contributed by atoms with Crippen LogP contribution in [0.4, 0.5) is 18.9 Å². The van der Waals surface area contributed by atoms with E-state index >= 15 is 4.39 Å². The Balaban J connectivity index is 1.37. The van der Waals surface area contributed by atoms with Gasteiger partial charge < -0.3 is 29.2 Å². The Morgan fingerprint density at radius 3 is 2.61 bits per heavy atom. The van der Waals surface area contributed by atoms with Crippen LogP contribution in [0.1, 0.15) is 57.2 Å². The van der Waals surface area contributed by atoms with Crippen molar-refractivity contribution < 1.29 is 37.3 Å². The number of unbranched alkanes of at least 4 members (excludes halogenated alkanes) is 2. The normalized spacial score (nSPS) is 16.6. The van der Waals surface area contributed by atoms with Gasteiger partial charge in [-0.15, -0.1) is 15.4 Å². The number of aliphatic hydroxyl groups is 1. The van der Waals surface area contributed by atoms with Gasteiger partial charge in [0, 0.05) is 42.3 Å². The van der Waals surface area contributed by atoms with E-state index in [1.165, 1.54) is 18.2 Å². The standard InChI is InChI=1S/C31H35F3N2O5/c1-4-12-36-24-18-22(32)23(15-20(24)16-27(36)29(2,3)19-39-14-7-5-6-13-37)35-28(38)30(10-11-30)21-8-9-25-26(17-21)41-31(33,34)40-25/h4,8-9,15-18,37H,1,5-7,10-14,19H2,2-3H3,(H,35,38). The van der Waals surface area contributed by atoms with Gasteiger partial charge in [-0.05, 0) is 61.9 Å². The lowest BCUT2D eigenvalue weighted by Crippen LogP contribution is -2.28. The Morgan fingerprint density at radius 2 is 1.90 bits per heavy atom. The summed E-state index contributed by atoms with van der Waals surface area (Å²) in [7, 11) is 0. The highest BCUT2D eigenvalue weighted by atomic mass is 19.3. The number of hydrogen-bond acceptors (Lipinski definition) is 5. The number of halogens is 3. The minimum atomic E-state index is -3.75. The van der Waals surface area contributed by atoms with Crippen LogP contribution in [-0.2, 0) is 26.9 Å². The second-order valence-corrected chi connectivity index (χ2v) is 11.4. The van der Waals surface area contributed by atoms with Gasteiger partial charge in [0.05, 0.1) is 23.2 Å². The number of allylic oxidation sites excluding steroid dienone is 1. The first-order valence-corrected chi connectivity index (χ1v) is 13.8. The van der Waals surface area contributed by atoms with Gasteiger partial charge in [0.1, 0.15) is 5.82 Å². The zero-order chi connectivity index (χ0) is 29.4. The van der Waals surface area contributed by atoms with E-state index in [0.29, 0.717) is 43.7 Å². The summed E-state index contributed by atoms with van der Waals surface area (Å²) in [5.74, 6) is -1.23. The molecule has 1 amide bonds. The van der Waals surface area contributed by atoms with Crippen LogP contribution in [0.25, 0.3) is 10.9 Å². The van der Waals surface area contributed by atoms with Crippen molar-refractivity contribution in [2.24, 2.45) is 0 Å². The highest BCUT2D eigenvalue weighted by Gasteiger charge is 2.53. The topological polar surface area (TPSA) is 82.0 Å². The molecule has 1 aliphatic carbocycles. The third-order valence-electron chi connectivity index (χ3n) is 7.79. The summed E-state index contributed by atoms with van der Waals surface area (Å²) in [6.45, 7) is 9.66. The van der Waals surface area contributed by atoms with E-state index in [0.717, 1.165) is 30.3 Å². The predicted octanol–water partition coefficient (Wildman–Crippen LogP) is 6.42. The van der Waals surface area contributed by atoms with Gasteiger partial charge in [0.15, 0.2) is 11.5 Å². The highest BCUT2D eigenvalue weighted by molar-refractivity contribution is 6.03. The fourth-order valence-corrected chi connectivity index (χ4v) is 5.42. The van der Waals surface area contributed by atoms with Crippen molar-refractivity contribution in [3.63, 3.8) is 0 Å². The molecular weight excluding hydrogens is 537 g/mol. The number of aromatic nitrogens is 1. The van der Waals surface area contributed by atoms with Crippen LogP contribution in [0.5, 0.6) is 11.5 Å². The molecule has 41 heavy (non-hydrogen) atoms. The maximum Gasteiger partial charge on any atom is 0.586 e. The second-order valence-electron chi connectivity index (χ2n) is 11.4. The number of carbonyl (C=O) groups excluding carboxylic acids is 1. The lowest BCUT2D eigenvalue weighted by molar-refractivity contribution is -0.286. The van der Waals surface area contributed by atoms with Crippen LogP contribution in [0.2, 0.25) is 0 Å². The van der Waals surface area contributed by atoms with Crippen molar-refractivity contribution in [3.8, 4) is 11.5 Å². The van der Waals surface area contributed by atoms with E-state index in [-0.39, 0.29) is 23.8 Å². The molecule has 0 spiro atoms. The van der Waals surface area contributed by atoms with Crippen molar-refractivity contribution in [2.45, 2.75) is 69.6 Å². The van der Waals surface area contributed by atoms with Crippen molar-refractivity contribution in [3.05, 3.63) is 66.1 Å². The van der Waals surface area contributed by atoms with E-state index < -0.39 is 28.8 Å². The maximum atomic E-state index is 15.4. The first-order valence-electron chi connectivity index (χ1n) is 13.8. The average Bonchev–Trinajstić information content (AvgIpc) is 3.57. The molecule has 2 aromatic carbocycles. The molecule has 1 aliphatic heterocycles. The third-order valence-corrected chi connectivity index (χ3v) is 7.79. The number of aliphatic hydroxyl groups excluding tert-OH is 1. The smallest absolute Gasteiger partial charge is 0.396 e. The molecule has 0 radical (unpaired) electrons. The average molecular weight is 573 g/mol. The molecule has 0 bridgehead atoms. The third kappa shape index (κ3) is 5.81. The van der Waals surface area contributed by atoms with Gasteiger partial charge in [-0.2, -0.15) is 0 Å². The first-order chi connectivity index (χ1) is 19.5. The minimum absolute atomic E-state index is 0.0429. The largest absolute Gasteiger partial charge is 0.586 e. The summed E-state index contributed by atoms with van der Waals surface area (Å²) in [4.78, 5) is 13.4. The molecule has 220 valence electrons. The predicted molar refractivity (Wildman–Crippen MR) is 149 cm³/mol. The molecule has 0 unspecified atom stereocenters. The van der Waals surface area contributed by atoms with Crippen LogP contribution in [0.3, 0.4) is 0 Å². The summed E-state index contributed by atoms with van der Waals surface area (Å²) in [5.41, 5.74) is 0.808. The lowest BCUT2D eigenvalue weighted by Gasteiger charge is -2.26. The van der Waals surface area contributed by atoms with Crippen molar-refractivity contribution in [1.29, 1.82) is 0 Å². The van der Waals surface area contributed by atoms with Gasteiger partial charge in [-0.1, -0.05) is 26.0 Å². The Bertz CT molecular complexity index is 1460. The van der Waals surface area contributed by atoms with E-state index in [1.54, 1.807) is 18.2 Å². The van der Waals surface area contributed by atoms with Gasteiger partial charge in [0.2, 0.25) is 5.91 Å². The zero-order valence-electron chi connectivity index (χ0n) is 23.3. The highest BCUT2D eigenvalue weighted by Crippen LogP contribution is 2.52. The van der Waals surface area contributed by atoms with Gasteiger partial charge >= 0.3 is 6.29 Å². The first kappa shape index (κ1) is 29.0. The molecule has 2 N–H and O–H groups in total. The summed E-state index contributed by atoms with van der Waals surface area (Å²) >= 11 is 0. The summed E-state index contributed by atoms with van der Waals surface area (Å²) < 4.78 is 59.3. The van der Waals surface area contributed by atoms with E-state index in [4.69, 9.17) is 9.84 Å². The number of alkyl halides is 2. The van der Waals surface area contributed by atoms with Crippen LogP contribution in [-0.4, -0.2) is 41.7 Å². The minimum Gasteiger partial charge on any atom is -0.396 e. The number of nitrogens with zero attached hydrogens (tertiary/aromatic N) is 1. The van der Waals surface area contributed by atoms with Crippen LogP contribution >= 0.6 is 0 Å². The molecule has 1 saturated carbocycles. The number of ether oxygens (including phenoxy) is 3. The van der Waals surface area contributed by atoms with E-state index in [9.17, 15) is 13.6 Å². The molecule has 0 atom stereocenters. The molecule has 10 heteroatoms. The molecule has 3 aromatic rings. The fraction of sp³-hybridized carbons (Fsp3) is 0.452. The van der Waals surface area contributed by atoms with Gasteiger partial charge in [-0.25, -0.2) is 4.39 Å². The molecule has 2 aliphatic rings. The Hall–Kier alpha value is -3.50. The van der Waals surface area contributed by atoms with Crippen LogP contribution in [0.15, 0.2) is 49.1 Å². The lowest BCUT2D eigenvalue weighted by atomic mass is 9.90. The van der Waals surface area contributed by atoms with Crippen molar-refractivity contribution >= 4 is 22.5 Å². The number of fused-ring (bicyclic) bond motifs is 2. The number of rotatable bonds is 13. The molecule has 2 heterocycles. The van der Waals surface area contributed by atoms with Gasteiger partial charge in [-0.3, -0.25) is 4.79 Å². The summed E-state index contributed by atoms with van der Waals surface area (Å²) in [5, 5.41) is 12.4. The molecule has 1 fully saturated rings. The van der Waals surface area contributed by atoms with E-state index in [1.807, 2.05) is 10.6 Å². The Kier molecular flexibility index (Phi) is 7.82. The number of amides is 1. The molecule has 0 saturated heterocycles. The Morgan fingerprint density at radius 1 is 1.15 bits per heavy atom. The molecule has 1 aromatic heterocycles. The van der Waals surface area contributed by atoms with Crippen LogP contribution in [0, 0.1) is 5.82 Å². The summed E-state index contributed by atoms with van der Waals surface area (Å²) in [6, 6.07) is 9.32. The fourth-order valence-electron chi connectivity index (χ4n) is 5.42. The molecular formula is C31H35F3N2O5. The SMILES string of the molecule is C=CCn1c(C(C)(C)COCCCCCO)cc2cc(NC(=O)C3(c4ccc5c(c4)OC(F)(F)O5)CC3)c(F)cc21. The Labute approximate surface area is 236 Å². The van der Waals surface area contributed by atoms with Gasteiger partial charge in [0.25, 0.3) is 0 Å². The van der Waals surface area contributed by atoms with Crippen molar-refractivity contribution in [1.82, 2.24) is 4.57 Å². The molecule has 5 rings (SSSR count). The number of hydrogen-bond donors (Lipinski definition) is 2. The maximum absolute atomic E-state index is 15.4. The summed E-state index contributed by atoms with van der Waals surface area (Å²) in [6.07, 6.45) is 1.50. The number of nitrogens with one attached hydrogen (secondary N) is 1. The monoisotopic (exact) mass is 572 g/mol. The quantitative estimate of drug-likeness (QED) is 0.183. The van der Waals surface area contributed by atoms with Crippen molar-refractivity contribution in [2.75, 3.05) is 25.1 Å². The number of anilines is 1. The number of carbonyl (C=O) groups is 1. The zero-order valence-corrected chi connectivity index (χ0v) is 23.3. The number of benzene rings is 2. The molecule has 7 nitrogen and oxygen atoms in total. The second kappa shape index (κ2) is 11.1. The van der Waals surface area contributed by atoms with Crippen LogP contribution < -0.4 is 14.8 Å².